The average molecular weight is 849 g/mol. The highest BCUT2D eigenvalue weighted by Gasteiger charge is 2.33. The number of carbonyl (C=O) groups is 7. The number of unbranched alkanes of at least 4 members (excludes halogenated alkanes) is 2. The SMILES string of the molecule is CC(C)C[C@H](NC(=O)[C@H](CCCCN)NC(=O)CCN)C(=O)N[C@@H](CCCNC(=N)N)C(=O)N[C@@H](Cc1ccccc1)C(=O)N[C@@H](CO)C(=O)N[C@@H](CCCCN)C(=O)O. The molecule has 0 saturated heterocycles. The van der Waals surface area contributed by atoms with Gasteiger partial charge in [-0.1, -0.05) is 44.2 Å². The third kappa shape index (κ3) is 21.6. The van der Waals surface area contributed by atoms with E-state index in [0.29, 0.717) is 44.3 Å². The lowest BCUT2D eigenvalue weighted by atomic mass is 10.0. The van der Waals surface area contributed by atoms with Crippen LogP contribution in [0.5, 0.6) is 0 Å². The summed E-state index contributed by atoms with van der Waals surface area (Å²) in [5.74, 6) is -6.15. The van der Waals surface area contributed by atoms with Crippen molar-refractivity contribution in [3.63, 3.8) is 0 Å². The quantitative estimate of drug-likeness (QED) is 0.0203. The van der Waals surface area contributed by atoms with Crippen LogP contribution in [0.15, 0.2) is 30.3 Å². The van der Waals surface area contributed by atoms with Gasteiger partial charge in [0, 0.05) is 25.9 Å². The second-order valence-electron chi connectivity index (χ2n) is 14.9. The Balaban J connectivity index is 3.42. The Morgan fingerprint density at radius 2 is 1.08 bits per heavy atom. The van der Waals surface area contributed by atoms with Crippen LogP contribution in [0.25, 0.3) is 0 Å². The fourth-order valence-electron chi connectivity index (χ4n) is 6.03. The summed E-state index contributed by atoms with van der Waals surface area (Å²) in [5, 5.41) is 45.3. The lowest BCUT2D eigenvalue weighted by molar-refractivity contribution is -0.142. The molecule has 0 saturated carbocycles. The second-order valence-corrected chi connectivity index (χ2v) is 14.9. The normalized spacial score (nSPS) is 14.0. The van der Waals surface area contributed by atoms with Crippen LogP contribution in [0.2, 0.25) is 0 Å². The van der Waals surface area contributed by atoms with Crippen molar-refractivity contribution in [1.29, 1.82) is 5.41 Å². The molecule has 0 aliphatic carbocycles. The molecule has 6 amide bonds. The number of rotatable bonds is 31. The molecule has 0 bridgehead atoms. The topological polar surface area (TPSA) is 372 Å². The van der Waals surface area contributed by atoms with Crippen LogP contribution in [0.1, 0.15) is 83.6 Å². The Labute approximate surface area is 351 Å². The number of carbonyl (C=O) groups excluding carboxylic acids is 6. The van der Waals surface area contributed by atoms with Crippen molar-refractivity contribution in [1.82, 2.24) is 37.2 Å². The van der Waals surface area contributed by atoms with Crippen molar-refractivity contribution in [2.75, 3.05) is 32.8 Å². The minimum Gasteiger partial charge on any atom is -0.480 e. The third-order valence-corrected chi connectivity index (χ3v) is 9.22. The van der Waals surface area contributed by atoms with E-state index in [-0.39, 0.29) is 69.9 Å². The Kier molecular flexibility index (Phi) is 26.1. The first-order chi connectivity index (χ1) is 28.6. The number of aliphatic hydroxyl groups is 1. The van der Waals surface area contributed by atoms with Gasteiger partial charge in [-0.25, -0.2) is 4.79 Å². The zero-order valence-corrected chi connectivity index (χ0v) is 34.8. The molecular weight excluding hydrogens is 781 g/mol. The fraction of sp³-hybridized carbons (Fsp3) is 0.641. The van der Waals surface area contributed by atoms with Crippen LogP contribution in [0.3, 0.4) is 0 Å². The van der Waals surface area contributed by atoms with Crippen molar-refractivity contribution >= 4 is 47.4 Å². The Hall–Kier alpha value is -5.38. The van der Waals surface area contributed by atoms with Crippen LogP contribution in [-0.2, 0) is 40.0 Å². The number of nitrogens with one attached hydrogen (secondary N) is 8. The molecule has 0 fully saturated rings. The number of hydrogen-bond donors (Lipinski definition) is 14. The highest BCUT2D eigenvalue weighted by Crippen LogP contribution is 2.11. The van der Waals surface area contributed by atoms with Gasteiger partial charge in [-0.3, -0.25) is 34.2 Å². The number of guanidine groups is 1. The van der Waals surface area contributed by atoms with E-state index in [0.717, 1.165) is 0 Å². The lowest BCUT2D eigenvalue weighted by Gasteiger charge is -2.28. The number of hydrogen-bond acceptors (Lipinski definition) is 12. The summed E-state index contributed by atoms with van der Waals surface area (Å²) in [6, 6.07) is 0.898. The van der Waals surface area contributed by atoms with Crippen LogP contribution in [-0.4, -0.2) is 127 Å². The number of nitrogens with two attached hydrogens (primary N) is 4. The summed E-state index contributed by atoms with van der Waals surface area (Å²) in [4.78, 5) is 92.8. The molecule has 21 heteroatoms. The van der Waals surface area contributed by atoms with Crippen molar-refractivity contribution in [2.45, 2.75) is 121 Å². The first kappa shape index (κ1) is 52.6. The number of benzene rings is 1. The number of aliphatic hydroxyl groups excluding tert-OH is 1. The van der Waals surface area contributed by atoms with Crippen LogP contribution in [0.4, 0.5) is 0 Å². The largest absolute Gasteiger partial charge is 0.480 e. The van der Waals surface area contributed by atoms with Crippen LogP contribution < -0.4 is 60.2 Å². The third-order valence-electron chi connectivity index (χ3n) is 9.22. The first-order valence-electron chi connectivity index (χ1n) is 20.4. The molecule has 0 aliphatic rings. The second kappa shape index (κ2) is 29.8. The van der Waals surface area contributed by atoms with E-state index in [1.54, 1.807) is 30.3 Å². The number of carboxylic acid groups (broad SMARTS) is 1. The summed E-state index contributed by atoms with van der Waals surface area (Å²) in [6.07, 6.45) is 2.62. The van der Waals surface area contributed by atoms with Gasteiger partial charge in [-0.15, -0.1) is 0 Å². The summed E-state index contributed by atoms with van der Waals surface area (Å²) >= 11 is 0. The van der Waals surface area contributed by atoms with E-state index in [1.165, 1.54) is 0 Å². The number of aliphatic carboxylic acids is 1. The molecule has 1 rings (SSSR count). The van der Waals surface area contributed by atoms with E-state index >= 15 is 0 Å². The maximum atomic E-state index is 14.1. The van der Waals surface area contributed by atoms with Gasteiger partial charge in [0.25, 0.3) is 0 Å². The lowest BCUT2D eigenvalue weighted by Crippen LogP contribution is -2.60. The molecule has 1 aromatic carbocycles. The summed E-state index contributed by atoms with van der Waals surface area (Å²) < 4.78 is 0. The van der Waals surface area contributed by atoms with Gasteiger partial charge < -0.3 is 70.4 Å². The maximum absolute atomic E-state index is 14.1. The van der Waals surface area contributed by atoms with Gasteiger partial charge in [-0.2, -0.15) is 0 Å². The van der Waals surface area contributed by atoms with Gasteiger partial charge in [0.05, 0.1) is 6.61 Å². The Bertz CT molecular complexity index is 1520. The molecular formula is C39H68N12O9. The van der Waals surface area contributed by atoms with E-state index in [9.17, 15) is 43.8 Å². The Morgan fingerprint density at radius 3 is 1.62 bits per heavy atom. The fourth-order valence-corrected chi connectivity index (χ4v) is 6.03. The average Bonchev–Trinajstić information content (AvgIpc) is 3.19. The highest BCUT2D eigenvalue weighted by molar-refractivity contribution is 5.97. The van der Waals surface area contributed by atoms with E-state index in [1.807, 2.05) is 13.8 Å². The molecule has 338 valence electrons. The molecule has 21 nitrogen and oxygen atoms in total. The molecule has 18 N–H and O–H groups in total. The van der Waals surface area contributed by atoms with Gasteiger partial charge in [-0.05, 0) is 82.4 Å². The summed E-state index contributed by atoms with van der Waals surface area (Å²) in [5.41, 5.74) is 22.7. The first-order valence-corrected chi connectivity index (χ1v) is 20.4. The predicted octanol–water partition coefficient (Wildman–Crippen LogP) is -2.87. The smallest absolute Gasteiger partial charge is 0.326 e. The van der Waals surface area contributed by atoms with Crippen LogP contribution in [0, 0.1) is 11.3 Å². The zero-order chi connectivity index (χ0) is 45.0. The van der Waals surface area contributed by atoms with Gasteiger partial charge >= 0.3 is 5.97 Å². The van der Waals surface area contributed by atoms with E-state index in [4.69, 9.17) is 28.3 Å². The summed E-state index contributed by atoms with van der Waals surface area (Å²) in [7, 11) is 0. The van der Waals surface area contributed by atoms with Crippen molar-refractivity contribution < 1.29 is 43.8 Å². The van der Waals surface area contributed by atoms with Crippen molar-refractivity contribution in [2.24, 2.45) is 28.9 Å². The molecule has 0 unspecified atom stereocenters. The standard InChI is InChI=1S/C39H68N12O9/c1-24(2)21-29(49-33(54)26(13-6-8-17-40)46-32(53)16-19-42)35(56)47-27(15-10-20-45-39(43)44)34(55)50-30(22-25-11-4-3-5-12-25)36(57)51-31(23-52)37(58)48-28(38(59)60)14-7-9-18-41/h3-5,11-12,24,26-31,52H,6-10,13-23,40-42H2,1-2H3,(H,46,53)(H,47,56)(H,48,58)(H,49,54)(H,50,55)(H,51,57)(H,59,60)(H4,43,44,45)/t26-,27-,28-,29-,30-,31-/m0/s1. The van der Waals surface area contributed by atoms with Gasteiger partial charge in [0.1, 0.15) is 36.3 Å². The van der Waals surface area contributed by atoms with E-state index in [2.05, 4.69) is 37.2 Å². The van der Waals surface area contributed by atoms with Crippen molar-refractivity contribution in [3.05, 3.63) is 35.9 Å². The zero-order valence-electron chi connectivity index (χ0n) is 34.8. The molecule has 1 aromatic rings. The molecule has 0 aliphatic heterocycles. The minimum absolute atomic E-state index is 0.0101. The van der Waals surface area contributed by atoms with Crippen LogP contribution >= 0.6 is 0 Å². The van der Waals surface area contributed by atoms with E-state index < -0.39 is 84.3 Å². The molecule has 0 heterocycles. The van der Waals surface area contributed by atoms with Crippen molar-refractivity contribution in [3.8, 4) is 0 Å². The molecule has 0 aromatic heterocycles. The molecule has 60 heavy (non-hydrogen) atoms. The maximum Gasteiger partial charge on any atom is 0.326 e. The summed E-state index contributed by atoms with van der Waals surface area (Å²) in [6.45, 7) is 3.70. The minimum atomic E-state index is -1.59. The number of carboxylic acids is 1. The van der Waals surface area contributed by atoms with Gasteiger partial charge in [0.2, 0.25) is 35.4 Å². The van der Waals surface area contributed by atoms with Gasteiger partial charge in [0.15, 0.2) is 5.96 Å². The number of amides is 6. The Morgan fingerprint density at radius 1 is 0.617 bits per heavy atom. The molecule has 0 spiro atoms. The molecule has 6 atom stereocenters. The predicted molar refractivity (Wildman–Crippen MR) is 225 cm³/mol. The monoisotopic (exact) mass is 849 g/mol. The highest BCUT2D eigenvalue weighted by atomic mass is 16.4. The molecule has 0 radical (unpaired) electrons.